The van der Waals surface area contributed by atoms with Crippen LogP contribution in [0.4, 0.5) is 0 Å². The number of hydrogen-bond donors (Lipinski definition) is 1. The molecule has 1 fully saturated rings. The summed E-state index contributed by atoms with van der Waals surface area (Å²) in [5, 5.41) is 4.47. The van der Waals surface area contributed by atoms with Gasteiger partial charge in [-0.2, -0.15) is 0 Å². The first-order chi connectivity index (χ1) is 9.55. The third kappa shape index (κ3) is 2.83. The highest BCUT2D eigenvalue weighted by molar-refractivity contribution is 7.20. The molecule has 3 heterocycles. The Bertz CT molecular complexity index is 636. The van der Waals surface area contributed by atoms with E-state index in [4.69, 9.17) is 4.74 Å². The van der Waals surface area contributed by atoms with E-state index < -0.39 is 0 Å². The molecule has 0 radical (unpaired) electrons. The molecule has 1 saturated heterocycles. The molecule has 0 saturated carbocycles. The van der Waals surface area contributed by atoms with Crippen LogP contribution < -0.4 is 10.1 Å². The first-order valence-corrected chi connectivity index (χ1v) is 7.65. The van der Waals surface area contributed by atoms with Crippen molar-refractivity contribution in [3.63, 3.8) is 0 Å². The van der Waals surface area contributed by atoms with Crippen LogP contribution in [0.3, 0.4) is 0 Å². The molecule has 1 atom stereocenters. The standard InChI is InChI=1S/C15H18N2O2S/c1-15(2)8-11(5-6-16-15)19-13-4-3-10-7-12(9-18)20-14(10)17-13/h3-4,7,9,11,16H,5-6,8H2,1-2H3. The zero-order valence-corrected chi connectivity index (χ0v) is 12.5. The molecule has 2 aromatic rings. The second-order valence-electron chi connectivity index (χ2n) is 5.85. The average Bonchev–Trinajstić information content (AvgIpc) is 2.79. The molecule has 0 aromatic carbocycles. The highest BCUT2D eigenvalue weighted by Crippen LogP contribution is 2.27. The van der Waals surface area contributed by atoms with E-state index in [1.54, 1.807) is 0 Å². The minimum Gasteiger partial charge on any atom is -0.474 e. The van der Waals surface area contributed by atoms with Crippen LogP contribution in [0.5, 0.6) is 5.88 Å². The number of piperidine rings is 1. The van der Waals surface area contributed by atoms with Gasteiger partial charge in [0.1, 0.15) is 10.9 Å². The Morgan fingerprint density at radius 3 is 3.10 bits per heavy atom. The van der Waals surface area contributed by atoms with Gasteiger partial charge in [-0.3, -0.25) is 4.79 Å². The van der Waals surface area contributed by atoms with Crippen LogP contribution in [-0.4, -0.2) is 29.5 Å². The number of nitrogens with one attached hydrogen (secondary N) is 1. The molecule has 20 heavy (non-hydrogen) atoms. The molecule has 2 aromatic heterocycles. The molecule has 1 aliphatic rings. The molecule has 0 spiro atoms. The maximum absolute atomic E-state index is 10.8. The lowest BCUT2D eigenvalue weighted by atomic mass is 9.91. The first kappa shape index (κ1) is 13.5. The van der Waals surface area contributed by atoms with Gasteiger partial charge in [0, 0.05) is 23.4 Å². The maximum atomic E-state index is 10.8. The van der Waals surface area contributed by atoms with Gasteiger partial charge < -0.3 is 10.1 Å². The number of pyridine rings is 1. The Labute approximate surface area is 122 Å². The Balaban J connectivity index is 1.78. The van der Waals surface area contributed by atoms with Gasteiger partial charge in [-0.15, -0.1) is 11.3 Å². The van der Waals surface area contributed by atoms with Crippen molar-refractivity contribution >= 4 is 27.8 Å². The van der Waals surface area contributed by atoms with Crippen molar-refractivity contribution in [1.82, 2.24) is 10.3 Å². The molecule has 1 unspecified atom stereocenters. The third-order valence-electron chi connectivity index (χ3n) is 3.59. The summed E-state index contributed by atoms with van der Waals surface area (Å²) in [6.07, 6.45) is 3.02. The average molecular weight is 290 g/mol. The summed E-state index contributed by atoms with van der Waals surface area (Å²) < 4.78 is 6.01. The van der Waals surface area contributed by atoms with E-state index in [1.165, 1.54) is 11.3 Å². The van der Waals surface area contributed by atoms with Gasteiger partial charge in [-0.05, 0) is 38.9 Å². The van der Waals surface area contributed by atoms with Gasteiger partial charge >= 0.3 is 0 Å². The van der Waals surface area contributed by atoms with Crippen LogP contribution in [0.15, 0.2) is 18.2 Å². The van der Waals surface area contributed by atoms with Crippen LogP contribution >= 0.6 is 11.3 Å². The molecule has 0 bridgehead atoms. The topological polar surface area (TPSA) is 51.2 Å². The number of nitrogens with zero attached hydrogens (tertiary/aromatic N) is 1. The van der Waals surface area contributed by atoms with Crippen molar-refractivity contribution in [2.45, 2.75) is 38.3 Å². The van der Waals surface area contributed by atoms with E-state index >= 15 is 0 Å². The van der Waals surface area contributed by atoms with Gasteiger partial charge in [0.05, 0.1) is 4.88 Å². The summed E-state index contributed by atoms with van der Waals surface area (Å²) >= 11 is 1.40. The van der Waals surface area contributed by atoms with Crippen molar-refractivity contribution in [1.29, 1.82) is 0 Å². The number of aldehydes is 1. The number of carbonyl (C=O) groups is 1. The number of carbonyl (C=O) groups excluding carboxylic acids is 1. The van der Waals surface area contributed by atoms with Crippen LogP contribution in [-0.2, 0) is 0 Å². The number of thiophene rings is 1. The first-order valence-electron chi connectivity index (χ1n) is 6.83. The summed E-state index contributed by atoms with van der Waals surface area (Å²) in [5.74, 6) is 0.652. The van der Waals surface area contributed by atoms with E-state index in [0.717, 1.165) is 35.9 Å². The van der Waals surface area contributed by atoms with Crippen molar-refractivity contribution in [3.05, 3.63) is 23.1 Å². The van der Waals surface area contributed by atoms with E-state index in [2.05, 4.69) is 24.1 Å². The molecule has 3 rings (SSSR count). The maximum Gasteiger partial charge on any atom is 0.214 e. The fraction of sp³-hybridized carbons (Fsp3) is 0.467. The molecule has 0 amide bonds. The second-order valence-corrected chi connectivity index (χ2v) is 6.92. The smallest absolute Gasteiger partial charge is 0.214 e. The zero-order valence-electron chi connectivity index (χ0n) is 11.7. The largest absolute Gasteiger partial charge is 0.474 e. The molecule has 0 aliphatic carbocycles. The summed E-state index contributed by atoms with van der Waals surface area (Å²) in [4.78, 5) is 16.9. The quantitative estimate of drug-likeness (QED) is 0.883. The highest BCUT2D eigenvalue weighted by Gasteiger charge is 2.28. The fourth-order valence-corrected chi connectivity index (χ4v) is 3.47. The molecular formula is C15H18N2O2S. The minimum atomic E-state index is 0.112. The number of hydrogen-bond acceptors (Lipinski definition) is 5. The molecule has 4 nitrogen and oxygen atoms in total. The highest BCUT2D eigenvalue weighted by atomic mass is 32.1. The minimum absolute atomic E-state index is 0.112. The van der Waals surface area contributed by atoms with Gasteiger partial charge in [-0.25, -0.2) is 4.98 Å². The van der Waals surface area contributed by atoms with Gasteiger partial charge in [0.15, 0.2) is 6.29 Å². The lowest BCUT2D eigenvalue weighted by Gasteiger charge is -2.36. The normalized spacial score (nSPS) is 21.8. The summed E-state index contributed by atoms with van der Waals surface area (Å²) in [6.45, 7) is 5.34. The van der Waals surface area contributed by atoms with Crippen LogP contribution in [0.25, 0.3) is 10.2 Å². The number of ether oxygens (including phenoxy) is 1. The van der Waals surface area contributed by atoms with E-state index in [9.17, 15) is 4.79 Å². The number of fused-ring (bicyclic) bond motifs is 1. The van der Waals surface area contributed by atoms with Gasteiger partial charge in [-0.1, -0.05) is 0 Å². The Kier molecular flexibility index (Phi) is 3.48. The predicted molar refractivity (Wildman–Crippen MR) is 80.7 cm³/mol. The van der Waals surface area contributed by atoms with Crippen LogP contribution in [0, 0.1) is 0 Å². The Hall–Kier alpha value is -1.46. The second kappa shape index (κ2) is 5.14. The molecule has 106 valence electrons. The third-order valence-corrected chi connectivity index (χ3v) is 4.56. The van der Waals surface area contributed by atoms with E-state index in [0.29, 0.717) is 10.8 Å². The molecular weight excluding hydrogens is 272 g/mol. The Morgan fingerprint density at radius 1 is 1.50 bits per heavy atom. The summed E-state index contributed by atoms with van der Waals surface area (Å²) in [5.41, 5.74) is 0.112. The van der Waals surface area contributed by atoms with Gasteiger partial charge in [0.2, 0.25) is 5.88 Å². The Morgan fingerprint density at radius 2 is 2.35 bits per heavy atom. The van der Waals surface area contributed by atoms with Crippen molar-refractivity contribution in [2.75, 3.05) is 6.54 Å². The zero-order chi connectivity index (χ0) is 14.2. The van der Waals surface area contributed by atoms with E-state index in [1.807, 2.05) is 18.2 Å². The van der Waals surface area contributed by atoms with Crippen molar-refractivity contribution < 1.29 is 9.53 Å². The van der Waals surface area contributed by atoms with Gasteiger partial charge in [0.25, 0.3) is 0 Å². The predicted octanol–water partition coefficient (Wildman–Crippen LogP) is 3.02. The van der Waals surface area contributed by atoms with Crippen molar-refractivity contribution in [2.24, 2.45) is 0 Å². The lowest BCUT2D eigenvalue weighted by Crippen LogP contribution is -2.49. The SMILES string of the molecule is CC1(C)CC(Oc2ccc3cc(C=O)sc3n2)CCN1. The lowest BCUT2D eigenvalue weighted by molar-refractivity contribution is 0.108. The fourth-order valence-electron chi connectivity index (χ4n) is 2.63. The number of rotatable bonds is 3. The molecule has 1 N–H and O–H groups in total. The molecule has 5 heteroatoms. The van der Waals surface area contributed by atoms with Crippen molar-refractivity contribution in [3.8, 4) is 5.88 Å². The van der Waals surface area contributed by atoms with Crippen LogP contribution in [0.2, 0.25) is 0 Å². The number of aromatic nitrogens is 1. The van der Waals surface area contributed by atoms with E-state index in [-0.39, 0.29) is 11.6 Å². The summed E-state index contributed by atoms with van der Waals surface area (Å²) in [6, 6.07) is 5.71. The van der Waals surface area contributed by atoms with Crippen LogP contribution in [0.1, 0.15) is 36.4 Å². The summed E-state index contributed by atoms with van der Waals surface area (Å²) in [7, 11) is 0. The monoisotopic (exact) mass is 290 g/mol. The molecule has 1 aliphatic heterocycles.